The summed E-state index contributed by atoms with van der Waals surface area (Å²) in [6.45, 7) is 21.2. The highest BCUT2D eigenvalue weighted by Crippen LogP contribution is 2.40. The van der Waals surface area contributed by atoms with Gasteiger partial charge in [-0.1, -0.05) is 61.2 Å². The summed E-state index contributed by atoms with van der Waals surface area (Å²) in [5.74, 6) is 6.91. The molecule has 0 unspecified atom stereocenters. The molecular formula is C20H38Si2. The van der Waals surface area contributed by atoms with Crippen LogP contribution in [0.4, 0.5) is 0 Å². The van der Waals surface area contributed by atoms with E-state index in [1.165, 1.54) is 12.8 Å². The minimum Gasteiger partial charge on any atom is -0.132 e. The van der Waals surface area contributed by atoms with Crippen molar-refractivity contribution >= 4 is 16.1 Å². The van der Waals surface area contributed by atoms with Gasteiger partial charge in [0.15, 0.2) is 0 Å². The van der Waals surface area contributed by atoms with E-state index in [4.69, 9.17) is 0 Å². The molecule has 0 aromatic carbocycles. The van der Waals surface area contributed by atoms with Crippen LogP contribution in [0.2, 0.25) is 36.3 Å². The zero-order valence-corrected chi connectivity index (χ0v) is 18.6. The Morgan fingerprint density at radius 3 is 1.32 bits per heavy atom. The number of rotatable bonds is 6. The van der Waals surface area contributed by atoms with Crippen LogP contribution in [0.5, 0.6) is 0 Å². The third-order valence-electron chi connectivity index (χ3n) is 4.49. The summed E-state index contributed by atoms with van der Waals surface area (Å²) >= 11 is 0. The van der Waals surface area contributed by atoms with E-state index in [1.54, 1.807) is 0 Å². The monoisotopic (exact) mass is 334 g/mol. The minimum absolute atomic E-state index is 0.739. The summed E-state index contributed by atoms with van der Waals surface area (Å²) in [6.07, 6.45) is 4.50. The lowest BCUT2D eigenvalue weighted by atomic mass is 10.2. The van der Waals surface area contributed by atoms with Gasteiger partial charge in [0.1, 0.15) is 16.1 Å². The maximum atomic E-state index is 3.81. The standard InChI is InChI=1S/C20H38Si2/c1-18(2)22(19(3)4,20(5)6)17-15-13-11-10-12-14-16-21(7,8)9/h18-20H,10-13H2,1-9H3. The molecule has 0 atom stereocenters. The molecule has 0 radical (unpaired) electrons. The van der Waals surface area contributed by atoms with Crippen LogP contribution in [-0.4, -0.2) is 16.1 Å². The average Bonchev–Trinajstić information content (AvgIpc) is 2.34. The summed E-state index contributed by atoms with van der Waals surface area (Å²) in [6, 6.07) is 0. The van der Waals surface area contributed by atoms with E-state index in [2.05, 4.69) is 84.1 Å². The first-order chi connectivity index (χ1) is 10.0. The molecule has 0 spiro atoms. The first-order valence-electron chi connectivity index (χ1n) is 9.04. The fourth-order valence-corrected chi connectivity index (χ4v) is 9.36. The van der Waals surface area contributed by atoms with Crippen LogP contribution in [0.25, 0.3) is 0 Å². The molecule has 0 saturated heterocycles. The second kappa shape index (κ2) is 9.64. The Hall–Kier alpha value is -0.446. The molecule has 0 rings (SSSR count). The van der Waals surface area contributed by atoms with Crippen molar-refractivity contribution < 1.29 is 0 Å². The highest BCUT2D eigenvalue weighted by atomic mass is 28.3. The molecule has 0 heterocycles. The van der Waals surface area contributed by atoms with Gasteiger partial charge in [0.25, 0.3) is 0 Å². The first-order valence-corrected chi connectivity index (χ1v) is 14.8. The van der Waals surface area contributed by atoms with Gasteiger partial charge >= 0.3 is 0 Å². The van der Waals surface area contributed by atoms with Gasteiger partial charge < -0.3 is 0 Å². The molecule has 22 heavy (non-hydrogen) atoms. The molecule has 0 aromatic heterocycles. The Morgan fingerprint density at radius 1 is 0.636 bits per heavy atom. The van der Waals surface area contributed by atoms with Gasteiger partial charge in [0.05, 0.1) is 0 Å². The molecule has 0 aliphatic carbocycles. The van der Waals surface area contributed by atoms with E-state index in [0.29, 0.717) is 0 Å². The molecule has 126 valence electrons. The van der Waals surface area contributed by atoms with Crippen molar-refractivity contribution in [3.8, 4) is 22.9 Å². The minimum atomic E-state index is -1.51. The summed E-state index contributed by atoms with van der Waals surface area (Å²) < 4.78 is 0. The molecule has 0 N–H and O–H groups in total. The lowest BCUT2D eigenvalue weighted by Crippen LogP contribution is -2.43. The van der Waals surface area contributed by atoms with Crippen molar-refractivity contribution in [3.63, 3.8) is 0 Å². The lowest BCUT2D eigenvalue weighted by Gasteiger charge is -2.38. The summed E-state index contributed by atoms with van der Waals surface area (Å²) in [5.41, 5.74) is 9.46. The van der Waals surface area contributed by atoms with Crippen molar-refractivity contribution in [2.45, 2.75) is 103 Å². The largest absolute Gasteiger partial charge is 0.145 e. The zero-order chi connectivity index (χ0) is 17.4. The van der Waals surface area contributed by atoms with Crippen molar-refractivity contribution in [1.82, 2.24) is 0 Å². The van der Waals surface area contributed by atoms with E-state index in [1.807, 2.05) is 0 Å². The van der Waals surface area contributed by atoms with Crippen molar-refractivity contribution in [3.05, 3.63) is 0 Å². The van der Waals surface area contributed by atoms with Crippen LogP contribution >= 0.6 is 0 Å². The molecule has 0 fully saturated rings. The van der Waals surface area contributed by atoms with Gasteiger partial charge in [0, 0.05) is 12.8 Å². The van der Waals surface area contributed by atoms with E-state index >= 15 is 0 Å². The highest BCUT2D eigenvalue weighted by Gasteiger charge is 2.41. The van der Waals surface area contributed by atoms with Gasteiger partial charge in [-0.15, -0.1) is 22.9 Å². The summed E-state index contributed by atoms with van der Waals surface area (Å²) in [4.78, 5) is 0. The number of unbranched alkanes of at least 4 members (excludes halogenated alkanes) is 3. The van der Waals surface area contributed by atoms with Crippen molar-refractivity contribution in [1.29, 1.82) is 0 Å². The Balaban J connectivity index is 4.50. The van der Waals surface area contributed by atoms with E-state index in [-0.39, 0.29) is 0 Å². The molecule has 0 amide bonds. The Kier molecular flexibility index (Phi) is 9.44. The van der Waals surface area contributed by atoms with E-state index in [9.17, 15) is 0 Å². The van der Waals surface area contributed by atoms with Gasteiger partial charge in [0.2, 0.25) is 0 Å². The Labute approximate surface area is 142 Å². The smallest absolute Gasteiger partial charge is 0.132 e. The van der Waals surface area contributed by atoms with Gasteiger partial charge in [-0.3, -0.25) is 0 Å². The molecule has 0 saturated carbocycles. The molecule has 0 nitrogen and oxygen atoms in total. The third-order valence-corrected chi connectivity index (χ3v) is 11.8. The van der Waals surface area contributed by atoms with Crippen molar-refractivity contribution in [2.75, 3.05) is 0 Å². The zero-order valence-electron chi connectivity index (χ0n) is 16.6. The maximum absolute atomic E-state index is 3.81. The van der Waals surface area contributed by atoms with Crippen LogP contribution in [0.3, 0.4) is 0 Å². The Bertz CT molecular complexity index is 409. The second-order valence-electron chi connectivity index (χ2n) is 8.46. The highest BCUT2D eigenvalue weighted by molar-refractivity contribution is 6.90. The first kappa shape index (κ1) is 21.6. The SMILES string of the molecule is CC(C)[Si](C#CCCCCC#C[Si](C)(C)C)(C(C)C)C(C)C. The van der Waals surface area contributed by atoms with Crippen LogP contribution in [0, 0.1) is 22.9 Å². The fraction of sp³-hybridized carbons (Fsp3) is 0.800. The lowest BCUT2D eigenvalue weighted by molar-refractivity contribution is 0.782. The molecule has 0 bridgehead atoms. The fourth-order valence-electron chi connectivity index (χ4n) is 3.40. The Morgan fingerprint density at radius 2 is 1.00 bits per heavy atom. The predicted octanol–water partition coefficient (Wildman–Crippen LogP) is 6.65. The predicted molar refractivity (Wildman–Crippen MR) is 108 cm³/mol. The van der Waals surface area contributed by atoms with Gasteiger partial charge in [-0.05, 0) is 29.5 Å². The second-order valence-corrected chi connectivity index (χ2v) is 18.8. The maximum Gasteiger partial charge on any atom is 0.145 e. The average molecular weight is 335 g/mol. The summed E-state index contributed by atoms with van der Waals surface area (Å²) in [7, 11) is -2.69. The van der Waals surface area contributed by atoms with Crippen LogP contribution in [0.1, 0.15) is 67.2 Å². The van der Waals surface area contributed by atoms with Crippen LogP contribution in [-0.2, 0) is 0 Å². The molecule has 2 heteroatoms. The molecule has 0 aromatic rings. The quantitative estimate of drug-likeness (QED) is 0.290. The number of hydrogen-bond acceptors (Lipinski definition) is 0. The van der Waals surface area contributed by atoms with E-state index in [0.717, 1.165) is 29.5 Å². The van der Waals surface area contributed by atoms with E-state index < -0.39 is 16.1 Å². The van der Waals surface area contributed by atoms with Crippen molar-refractivity contribution in [2.24, 2.45) is 0 Å². The molecular weight excluding hydrogens is 296 g/mol. The molecule has 0 aliphatic heterocycles. The normalized spacial score (nSPS) is 12.2. The van der Waals surface area contributed by atoms with Crippen LogP contribution in [0.15, 0.2) is 0 Å². The summed E-state index contributed by atoms with van der Waals surface area (Å²) in [5, 5.41) is 0. The van der Waals surface area contributed by atoms with Gasteiger partial charge in [-0.2, -0.15) is 0 Å². The third kappa shape index (κ3) is 7.21. The topological polar surface area (TPSA) is 0 Å². The number of hydrogen-bond donors (Lipinski definition) is 0. The molecule has 0 aliphatic rings. The van der Waals surface area contributed by atoms with Gasteiger partial charge in [-0.25, -0.2) is 0 Å². The van der Waals surface area contributed by atoms with Crippen LogP contribution < -0.4 is 0 Å².